The molecule has 0 aliphatic carbocycles. The van der Waals surface area contributed by atoms with Gasteiger partial charge in [0.25, 0.3) is 0 Å². The van der Waals surface area contributed by atoms with Crippen LogP contribution in [0.3, 0.4) is 0 Å². The van der Waals surface area contributed by atoms with Crippen molar-refractivity contribution < 1.29 is 9.90 Å². The first-order valence-electron chi connectivity index (χ1n) is 6.99. The average Bonchev–Trinajstić information content (AvgIpc) is 2.46. The fraction of sp³-hybridized carbons (Fsp3) is 0.235. The number of carbonyl (C=O) groups excluding carboxylic acids is 1. The molecule has 0 heterocycles. The zero-order chi connectivity index (χ0) is 15.1. The largest absolute Gasteiger partial charge is 0.508 e. The number of phenols is 1. The molecule has 0 fully saturated rings. The van der Waals surface area contributed by atoms with Crippen molar-refractivity contribution >= 4 is 11.6 Å². The molecule has 110 valence electrons. The number of rotatable bonds is 6. The van der Waals surface area contributed by atoms with Gasteiger partial charge in [-0.2, -0.15) is 0 Å². The van der Waals surface area contributed by atoms with Crippen molar-refractivity contribution in [3.8, 4) is 5.75 Å². The Balaban J connectivity index is 1.83. The Labute approximate surface area is 124 Å². The van der Waals surface area contributed by atoms with Crippen LogP contribution in [0, 0.1) is 0 Å². The smallest absolute Gasteiger partial charge is 0.221 e. The Bertz CT molecular complexity index is 594. The van der Waals surface area contributed by atoms with Gasteiger partial charge in [-0.1, -0.05) is 30.3 Å². The van der Waals surface area contributed by atoms with Gasteiger partial charge < -0.3 is 15.7 Å². The monoisotopic (exact) mass is 284 g/mol. The molecule has 2 rings (SSSR count). The molecule has 0 atom stereocenters. The Morgan fingerprint density at radius 1 is 1.10 bits per heavy atom. The van der Waals surface area contributed by atoms with E-state index in [1.807, 2.05) is 36.4 Å². The van der Waals surface area contributed by atoms with Gasteiger partial charge in [-0.25, -0.2) is 0 Å². The predicted octanol–water partition coefficient (Wildman–Crippen LogP) is 2.68. The lowest BCUT2D eigenvalue weighted by Crippen LogP contribution is -2.18. The van der Waals surface area contributed by atoms with E-state index in [2.05, 4.69) is 10.6 Å². The van der Waals surface area contributed by atoms with Crippen LogP contribution >= 0.6 is 0 Å². The first kappa shape index (κ1) is 15.1. The lowest BCUT2D eigenvalue weighted by Gasteiger charge is -2.11. The van der Waals surface area contributed by atoms with Gasteiger partial charge in [0.05, 0.1) is 0 Å². The minimum atomic E-state index is -0.0634. The van der Waals surface area contributed by atoms with Crippen LogP contribution < -0.4 is 10.6 Å². The SMILES string of the molecule is CC(=O)Nc1ccccc1CNCCc1ccc(O)cc1. The Kier molecular flexibility index (Phi) is 5.35. The number of phenolic OH excluding ortho intramolecular Hbond substituents is 1. The molecule has 1 amide bonds. The average molecular weight is 284 g/mol. The van der Waals surface area contributed by atoms with Crippen molar-refractivity contribution in [1.29, 1.82) is 0 Å². The summed E-state index contributed by atoms with van der Waals surface area (Å²) in [6.07, 6.45) is 0.891. The fourth-order valence-electron chi connectivity index (χ4n) is 2.10. The normalized spacial score (nSPS) is 10.3. The first-order chi connectivity index (χ1) is 10.1. The number of hydrogen-bond donors (Lipinski definition) is 3. The van der Waals surface area contributed by atoms with E-state index < -0.39 is 0 Å². The lowest BCUT2D eigenvalue weighted by atomic mass is 10.1. The van der Waals surface area contributed by atoms with Crippen LogP contribution in [0.2, 0.25) is 0 Å². The number of benzene rings is 2. The molecule has 0 aliphatic rings. The van der Waals surface area contributed by atoms with Crippen LogP contribution in [0.25, 0.3) is 0 Å². The molecule has 0 saturated heterocycles. The van der Waals surface area contributed by atoms with Crippen molar-refractivity contribution in [3.05, 3.63) is 59.7 Å². The second-order valence-corrected chi connectivity index (χ2v) is 4.93. The molecule has 4 nitrogen and oxygen atoms in total. The topological polar surface area (TPSA) is 61.4 Å². The van der Waals surface area contributed by atoms with E-state index in [0.717, 1.165) is 24.2 Å². The zero-order valence-corrected chi connectivity index (χ0v) is 12.1. The summed E-state index contributed by atoms with van der Waals surface area (Å²) in [5, 5.41) is 15.4. The second-order valence-electron chi connectivity index (χ2n) is 4.93. The van der Waals surface area contributed by atoms with E-state index in [4.69, 9.17) is 0 Å². The Hall–Kier alpha value is -2.33. The van der Waals surface area contributed by atoms with Crippen molar-refractivity contribution in [1.82, 2.24) is 5.32 Å². The molecule has 3 N–H and O–H groups in total. The summed E-state index contributed by atoms with van der Waals surface area (Å²) < 4.78 is 0. The van der Waals surface area contributed by atoms with Gasteiger partial charge in [0, 0.05) is 19.2 Å². The molecule has 0 bridgehead atoms. The third-order valence-corrected chi connectivity index (χ3v) is 3.17. The number of anilines is 1. The van der Waals surface area contributed by atoms with E-state index >= 15 is 0 Å². The van der Waals surface area contributed by atoms with Gasteiger partial charge in [0.1, 0.15) is 5.75 Å². The number of hydrogen-bond acceptors (Lipinski definition) is 3. The molecule has 0 aliphatic heterocycles. The third kappa shape index (κ3) is 4.93. The van der Waals surface area contributed by atoms with Gasteiger partial charge >= 0.3 is 0 Å². The Morgan fingerprint density at radius 3 is 2.52 bits per heavy atom. The highest BCUT2D eigenvalue weighted by atomic mass is 16.3. The van der Waals surface area contributed by atoms with Crippen molar-refractivity contribution in [2.24, 2.45) is 0 Å². The van der Waals surface area contributed by atoms with Crippen molar-refractivity contribution in [2.45, 2.75) is 19.9 Å². The summed E-state index contributed by atoms with van der Waals surface area (Å²) in [4.78, 5) is 11.2. The highest BCUT2D eigenvalue weighted by Crippen LogP contribution is 2.14. The summed E-state index contributed by atoms with van der Waals surface area (Å²) in [7, 11) is 0. The van der Waals surface area contributed by atoms with E-state index in [-0.39, 0.29) is 11.7 Å². The van der Waals surface area contributed by atoms with Gasteiger partial charge in [0.15, 0.2) is 0 Å². The van der Waals surface area contributed by atoms with E-state index in [9.17, 15) is 9.90 Å². The second kappa shape index (κ2) is 7.45. The van der Waals surface area contributed by atoms with E-state index in [1.54, 1.807) is 12.1 Å². The molecule has 0 saturated carbocycles. The lowest BCUT2D eigenvalue weighted by molar-refractivity contribution is -0.114. The third-order valence-electron chi connectivity index (χ3n) is 3.17. The zero-order valence-electron chi connectivity index (χ0n) is 12.1. The van der Waals surface area contributed by atoms with Crippen LogP contribution in [-0.2, 0) is 17.8 Å². The molecular weight excluding hydrogens is 264 g/mol. The van der Waals surface area contributed by atoms with E-state index in [0.29, 0.717) is 6.54 Å². The van der Waals surface area contributed by atoms with Gasteiger partial charge in [-0.15, -0.1) is 0 Å². The fourth-order valence-corrected chi connectivity index (χ4v) is 2.10. The summed E-state index contributed by atoms with van der Waals surface area (Å²) in [6, 6.07) is 15.0. The summed E-state index contributed by atoms with van der Waals surface area (Å²) in [6.45, 7) is 3.04. The molecule has 0 aromatic heterocycles. The van der Waals surface area contributed by atoms with Crippen LogP contribution in [0.5, 0.6) is 5.75 Å². The maximum absolute atomic E-state index is 11.2. The molecule has 0 spiro atoms. The van der Waals surface area contributed by atoms with Crippen molar-refractivity contribution in [3.63, 3.8) is 0 Å². The molecule has 2 aromatic rings. The molecule has 2 aromatic carbocycles. The summed E-state index contributed by atoms with van der Waals surface area (Å²) in [5.41, 5.74) is 3.09. The van der Waals surface area contributed by atoms with Gasteiger partial charge in [0.2, 0.25) is 5.91 Å². The highest BCUT2D eigenvalue weighted by Gasteiger charge is 2.02. The predicted molar refractivity (Wildman–Crippen MR) is 84.3 cm³/mol. The van der Waals surface area contributed by atoms with Gasteiger partial charge in [-0.3, -0.25) is 4.79 Å². The standard InChI is InChI=1S/C17H20N2O2/c1-13(20)19-17-5-3-2-4-15(17)12-18-11-10-14-6-8-16(21)9-7-14/h2-9,18,21H,10-12H2,1H3,(H,19,20). The molecule has 21 heavy (non-hydrogen) atoms. The van der Waals surface area contributed by atoms with Crippen molar-refractivity contribution in [2.75, 3.05) is 11.9 Å². The van der Waals surface area contributed by atoms with E-state index in [1.165, 1.54) is 12.5 Å². The number of amides is 1. The van der Waals surface area contributed by atoms with Crippen LogP contribution in [0.1, 0.15) is 18.1 Å². The van der Waals surface area contributed by atoms with Gasteiger partial charge in [-0.05, 0) is 42.3 Å². The first-order valence-corrected chi connectivity index (χ1v) is 6.99. The number of carbonyl (C=O) groups is 1. The maximum Gasteiger partial charge on any atom is 0.221 e. The van der Waals surface area contributed by atoms with Crippen LogP contribution in [-0.4, -0.2) is 17.6 Å². The number of nitrogens with one attached hydrogen (secondary N) is 2. The minimum absolute atomic E-state index is 0.0634. The number of para-hydroxylation sites is 1. The molecule has 4 heteroatoms. The molecule has 0 unspecified atom stereocenters. The molecular formula is C17H20N2O2. The summed E-state index contributed by atoms with van der Waals surface area (Å²) in [5.74, 6) is 0.225. The molecule has 0 radical (unpaired) electrons. The highest BCUT2D eigenvalue weighted by molar-refractivity contribution is 5.89. The van der Waals surface area contributed by atoms with Crippen LogP contribution in [0.4, 0.5) is 5.69 Å². The Morgan fingerprint density at radius 2 is 1.81 bits per heavy atom. The quantitative estimate of drug-likeness (QED) is 0.715. The van der Waals surface area contributed by atoms with Crippen LogP contribution in [0.15, 0.2) is 48.5 Å². The maximum atomic E-state index is 11.2. The number of aromatic hydroxyl groups is 1. The minimum Gasteiger partial charge on any atom is -0.508 e. The summed E-state index contributed by atoms with van der Waals surface area (Å²) >= 11 is 0.